The summed E-state index contributed by atoms with van der Waals surface area (Å²) < 4.78 is 0. The highest BCUT2D eigenvalue weighted by molar-refractivity contribution is 6.27. The number of hydrogen-bond acceptors (Lipinski definition) is 5. The van der Waals surface area contributed by atoms with E-state index in [1.54, 1.807) is 26.0 Å². The Hall–Kier alpha value is -1.59. The van der Waals surface area contributed by atoms with Gasteiger partial charge in [-0.1, -0.05) is 44.1 Å². The van der Waals surface area contributed by atoms with Gasteiger partial charge in [-0.15, -0.1) is 0 Å². The monoisotopic (exact) mass is 364 g/mol. The van der Waals surface area contributed by atoms with Gasteiger partial charge in [0, 0.05) is 5.92 Å². The molecule has 5 nitrogen and oxygen atoms in total. The van der Waals surface area contributed by atoms with Gasteiger partial charge in [-0.2, -0.15) is 0 Å². The number of ketones is 3. The van der Waals surface area contributed by atoms with Crippen LogP contribution < -0.4 is 0 Å². The summed E-state index contributed by atoms with van der Waals surface area (Å²) in [4.78, 5) is 38.2. The smallest absolute Gasteiger partial charge is 0.185 e. The Morgan fingerprint density at radius 3 is 2.23 bits per heavy atom. The van der Waals surface area contributed by atoms with Gasteiger partial charge in [-0.3, -0.25) is 14.4 Å². The predicted octanol–water partition coefficient (Wildman–Crippen LogP) is 2.79. The molecule has 0 bridgehead atoms. The van der Waals surface area contributed by atoms with Crippen LogP contribution in [0.5, 0.6) is 0 Å². The van der Waals surface area contributed by atoms with Crippen molar-refractivity contribution < 1.29 is 24.6 Å². The number of Topliss-reactive ketones (excluding diaryl/α,β-unsaturated/α-hetero) is 3. The van der Waals surface area contributed by atoms with Crippen molar-refractivity contribution >= 4 is 17.3 Å². The topological polar surface area (TPSA) is 91.7 Å². The third-order valence-electron chi connectivity index (χ3n) is 5.19. The molecule has 146 valence electrons. The van der Waals surface area contributed by atoms with E-state index in [2.05, 4.69) is 0 Å². The van der Waals surface area contributed by atoms with Gasteiger partial charge in [0.15, 0.2) is 23.0 Å². The van der Waals surface area contributed by atoms with Crippen molar-refractivity contribution in [3.8, 4) is 0 Å². The highest BCUT2D eigenvalue weighted by Crippen LogP contribution is 2.41. The van der Waals surface area contributed by atoms with Crippen molar-refractivity contribution in [1.82, 2.24) is 0 Å². The van der Waals surface area contributed by atoms with E-state index < -0.39 is 46.8 Å². The van der Waals surface area contributed by atoms with Crippen molar-refractivity contribution in [2.24, 2.45) is 17.8 Å². The minimum Gasteiger partial charge on any atom is -0.389 e. The molecule has 1 rings (SSSR count). The molecular formula is C21H32O5. The van der Waals surface area contributed by atoms with Gasteiger partial charge in [0.2, 0.25) is 0 Å². The third kappa shape index (κ3) is 4.38. The first-order valence-corrected chi connectivity index (χ1v) is 9.29. The second-order valence-electron chi connectivity index (χ2n) is 7.81. The van der Waals surface area contributed by atoms with Crippen LogP contribution in [0.25, 0.3) is 0 Å². The summed E-state index contributed by atoms with van der Waals surface area (Å²) in [6.45, 7) is 10.8. The zero-order chi connectivity index (χ0) is 20.2. The number of allylic oxidation sites excluding steroid dienone is 3. The average molecular weight is 364 g/mol. The average Bonchev–Trinajstić information content (AvgIpc) is 2.77. The van der Waals surface area contributed by atoms with Gasteiger partial charge in [-0.25, -0.2) is 0 Å². The van der Waals surface area contributed by atoms with Crippen LogP contribution in [0.1, 0.15) is 60.8 Å². The zero-order valence-corrected chi connectivity index (χ0v) is 16.7. The molecule has 0 aromatic carbocycles. The summed E-state index contributed by atoms with van der Waals surface area (Å²) in [5.74, 6) is -5.02. The van der Waals surface area contributed by atoms with Crippen molar-refractivity contribution in [3.63, 3.8) is 0 Å². The van der Waals surface area contributed by atoms with Gasteiger partial charge < -0.3 is 10.2 Å². The number of carbonyl (C=O) groups is 3. The quantitative estimate of drug-likeness (QED) is 0.510. The Labute approximate surface area is 156 Å². The standard InChI is InChI=1S/C21H32O5/c1-7-14(6)9-10-15-19(24)17(18(23)13(4)5)20(25)21(15,26)16(22)11-8-12(2)3/h8-9,13,15-17,22,26H,7,10-11H2,1-6H3/t15-,16-,17?,21+/m1/s1. The Morgan fingerprint density at radius 2 is 1.77 bits per heavy atom. The summed E-state index contributed by atoms with van der Waals surface area (Å²) in [5.41, 5.74) is -0.287. The summed E-state index contributed by atoms with van der Waals surface area (Å²) in [5, 5.41) is 21.7. The number of aliphatic hydroxyl groups excluding tert-OH is 1. The summed E-state index contributed by atoms with van der Waals surface area (Å²) in [7, 11) is 0. The molecule has 0 aliphatic heterocycles. The normalized spacial score (nSPS) is 27.8. The van der Waals surface area contributed by atoms with Crippen LogP contribution in [0.4, 0.5) is 0 Å². The molecule has 0 heterocycles. The summed E-state index contributed by atoms with van der Waals surface area (Å²) in [6, 6.07) is 0. The van der Waals surface area contributed by atoms with E-state index in [0.717, 1.165) is 17.6 Å². The maximum atomic E-state index is 12.9. The Bertz CT molecular complexity index is 624. The molecule has 0 saturated heterocycles. The molecule has 26 heavy (non-hydrogen) atoms. The molecule has 5 heteroatoms. The molecule has 1 aliphatic rings. The predicted molar refractivity (Wildman–Crippen MR) is 101 cm³/mol. The highest BCUT2D eigenvalue weighted by Gasteiger charge is 2.63. The van der Waals surface area contributed by atoms with Gasteiger partial charge >= 0.3 is 0 Å². The lowest BCUT2D eigenvalue weighted by molar-refractivity contribution is -0.155. The van der Waals surface area contributed by atoms with E-state index in [9.17, 15) is 24.6 Å². The van der Waals surface area contributed by atoms with E-state index >= 15 is 0 Å². The van der Waals surface area contributed by atoms with Crippen molar-refractivity contribution in [1.29, 1.82) is 0 Å². The largest absolute Gasteiger partial charge is 0.389 e. The number of hydrogen-bond donors (Lipinski definition) is 2. The van der Waals surface area contributed by atoms with Crippen LogP contribution in [0.15, 0.2) is 23.3 Å². The second kappa shape index (κ2) is 8.87. The maximum Gasteiger partial charge on any atom is 0.185 e. The molecule has 1 saturated carbocycles. The molecule has 4 atom stereocenters. The van der Waals surface area contributed by atoms with E-state index in [0.29, 0.717) is 0 Å². The van der Waals surface area contributed by atoms with Crippen LogP contribution in [-0.2, 0) is 14.4 Å². The summed E-state index contributed by atoms with van der Waals surface area (Å²) >= 11 is 0. The molecule has 0 aromatic rings. The number of rotatable bonds is 8. The van der Waals surface area contributed by atoms with Crippen molar-refractivity contribution in [3.05, 3.63) is 23.3 Å². The number of carbonyl (C=O) groups excluding carboxylic acids is 3. The van der Waals surface area contributed by atoms with Gasteiger partial charge in [0.05, 0.1) is 12.0 Å². The van der Waals surface area contributed by atoms with Gasteiger partial charge in [-0.05, 0) is 40.0 Å². The van der Waals surface area contributed by atoms with E-state index in [1.165, 1.54) is 0 Å². The molecule has 0 spiro atoms. The molecule has 0 aromatic heterocycles. The van der Waals surface area contributed by atoms with Gasteiger partial charge in [0.1, 0.15) is 5.92 Å². The lowest BCUT2D eigenvalue weighted by Crippen LogP contribution is -2.52. The minimum atomic E-state index is -2.23. The summed E-state index contributed by atoms with van der Waals surface area (Å²) in [6.07, 6.45) is 3.04. The third-order valence-corrected chi connectivity index (χ3v) is 5.19. The van der Waals surface area contributed by atoms with Crippen molar-refractivity contribution in [2.45, 2.75) is 72.5 Å². The van der Waals surface area contributed by atoms with Crippen LogP contribution in [0.3, 0.4) is 0 Å². The Morgan fingerprint density at radius 1 is 1.19 bits per heavy atom. The Balaban J connectivity index is 3.34. The molecule has 0 amide bonds. The fraction of sp³-hybridized carbons (Fsp3) is 0.667. The van der Waals surface area contributed by atoms with E-state index in [4.69, 9.17) is 0 Å². The van der Waals surface area contributed by atoms with Crippen molar-refractivity contribution in [2.75, 3.05) is 0 Å². The zero-order valence-electron chi connectivity index (χ0n) is 16.7. The Kier molecular flexibility index (Phi) is 7.66. The first-order valence-electron chi connectivity index (χ1n) is 9.29. The lowest BCUT2D eigenvalue weighted by atomic mass is 9.80. The highest BCUT2D eigenvalue weighted by atomic mass is 16.4. The molecule has 2 N–H and O–H groups in total. The van der Waals surface area contributed by atoms with Crippen LogP contribution >= 0.6 is 0 Å². The van der Waals surface area contributed by atoms with Gasteiger partial charge in [0.25, 0.3) is 0 Å². The van der Waals surface area contributed by atoms with E-state index in [-0.39, 0.29) is 12.8 Å². The maximum absolute atomic E-state index is 12.9. The van der Waals surface area contributed by atoms with Crippen LogP contribution in [-0.4, -0.2) is 39.3 Å². The molecular weight excluding hydrogens is 332 g/mol. The second-order valence-corrected chi connectivity index (χ2v) is 7.81. The van der Waals surface area contributed by atoms with Crippen LogP contribution in [0, 0.1) is 17.8 Å². The molecule has 1 unspecified atom stereocenters. The molecule has 1 fully saturated rings. The fourth-order valence-corrected chi connectivity index (χ4v) is 3.24. The lowest BCUT2D eigenvalue weighted by Gasteiger charge is -2.31. The minimum absolute atomic E-state index is 0.0490. The fourth-order valence-electron chi connectivity index (χ4n) is 3.24. The number of aliphatic hydroxyl groups is 2. The molecule has 1 aliphatic carbocycles. The SMILES string of the molecule is CCC(C)=CC[C@@H]1C(=O)C(C(=O)C(C)C)C(=O)[C@@]1(O)[C@H](O)CC=C(C)C. The first-order chi connectivity index (χ1) is 12.0. The van der Waals surface area contributed by atoms with Crippen LogP contribution in [0.2, 0.25) is 0 Å². The van der Waals surface area contributed by atoms with E-state index in [1.807, 2.05) is 27.7 Å². The first kappa shape index (κ1) is 22.5. The molecule has 0 radical (unpaired) electrons.